The van der Waals surface area contributed by atoms with Gasteiger partial charge in [-0.25, -0.2) is 17.5 Å². The molecule has 6 heteroatoms. The molecule has 0 heterocycles. The van der Waals surface area contributed by atoms with E-state index in [4.69, 9.17) is 5.26 Å². The molecule has 136 valence electrons. The van der Waals surface area contributed by atoms with Crippen molar-refractivity contribution in [1.29, 1.82) is 5.26 Å². The number of rotatable bonds is 6. The highest BCUT2D eigenvalue weighted by Crippen LogP contribution is 2.24. The van der Waals surface area contributed by atoms with E-state index in [0.29, 0.717) is 0 Å². The molecular formula is C21H17FN2O2S. The van der Waals surface area contributed by atoms with Crippen LogP contribution >= 0.6 is 0 Å². The monoisotopic (exact) mass is 380 g/mol. The molecule has 3 aromatic rings. The van der Waals surface area contributed by atoms with Crippen LogP contribution in [0.1, 0.15) is 22.6 Å². The van der Waals surface area contributed by atoms with Gasteiger partial charge in [0.05, 0.1) is 10.5 Å². The summed E-state index contributed by atoms with van der Waals surface area (Å²) in [6.45, 7) is 0.135. The minimum atomic E-state index is -3.89. The average Bonchev–Trinajstić information content (AvgIpc) is 2.70. The molecule has 0 saturated heterocycles. The Morgan fingerprint density at radius 3 is 2.00 bits per heavy atom. The van der Waals surface area contributed by atoms with Gasteiger partial charge in [-0.1, -0.05) is 60.7 Å². The van der Waals surface area contributed by atoms with Crippen LogP contribution in [-0.4, -0.2) is 15.0 Å². The maximum atomic E-state index is 13.5. The molecule has 0 spiro atoms. The lowest BCUT2D eigenvalue weighted by Crippen LogP contribution is -2.29. The SMILES string of the molecule is N#Cc1cc(S(=O)(=O)NCC(c2ccccc2)c2ccccc2)ccc1F. The Balaban J connectivity index is 1.88. The van der Waals surface area contributed by atoms with Gasteiger partial charge in [0.1, 0.15) is 11.9 Å². The normalized spacial score (nSPS) is 11.3. The number of halogens is 1. The lowest BCUT2D eigenvalue weighted by atomic mass is 9.92. The zero-order valence-corrected chi connectivity index (χ0v) is 15.2. The van der Waals surface area contributed by atoms with E-state index in [1.165, 1.54) is 0 Å². The zero-order valence-electron chi connectivity index (χ0n) is 14.3. The second kappa shape index (κ2) is 8.12. The Morgan fingerprint density at radius 1 is 0.926 bits per heavy atom. The van der Waals surface area contributed by atoms with Crippen LogP contribution in [0.5, 0.6) is 0 Å². The predicted molar refractivity (Wildman–Crippen MR) is 101 cm³/mol. The molecule has 0 aromatic heterocycles. The van der Waals surface area contributed by atoms with E-state index in [1.54, 1.807) is 6.07 Å². The third-order valence-corrected chi connectivity index (χ3v) is 5.67. The highest BCUT2D eigenvalue weighted by atomic mass is 32.2. The van der Waals surface area contributed by atoms with Crippen LogP contribution in [0, 0.1) is 17.1 Å². The van der Waals surface area contributed by atoms with Gasteiger partial charge in [0.2, 0.25) is 10.0 Å². The van der Waals surface area contributed by atoms with E-state index in [1.807, 2.05) is 60.7 Å². The van der Waals surface area contributed by atoms with Crippen molar-refractivity contribution in [2.75, 3.05) is 6.54 Å². The molecule has 0 aliphatic rings. The van der Waals surface area contributed by atoms with E-state index in [2.05, 4.69) is 4.72 Å². The van der Waals surface area contributed by atoms with Crippen LogP contribution in [0.25, 0.3) is 0 Å². The number of hydrogen-bond donors (Lipinski definition) is 1. The molecule has 0 bridgehead atoms. The number of nitrogens with one attached hydrogen (secondary N) is 1. The standard InChI is InChI=1S/C21H17FN2O2S/c22-21-12-11-19(13-18(21)14-23)27(25,26)24-15-20(16-7-3-1-4-8-16)17-9-5-2-6-10-17/h1-13,20,24H,15H2. The van der Waals surface area contributed by atoms with Gasteiger partial charge in [0, 0.05) is 12.5 Å². The van der Waals surface area contributed by atoms with E-state index in [-0.39, 0.29) is 22.9 Å². The van der Waals surface area contributed by atoms with Gasteiger partial charge in [-0.05, 0) is 29.3 Å². The third kappa shape index (κ3) is 4.40. The second-order valence-electron chi connectivity index (χ2n) is 5.98. The highest BCUT2D eigenvalue weighted by molar-refractivity contribution is 7.89. The van der Waals surface area contributed by atoms with Crippen molar-refractivity contribution in [3.63, 3.8) is 0 Å². The van der Waals surface area contributed by atoms with Crippen molar-refractivity contribution in [3.8, 4) is 6.07 Å². The maximum Gasteiger partial charge on any atom is 0.240 e. The second-order valence-corrected chi connectivity index (χ2v) is 7.75. The van der Waals surface area contributed by atoms with Gasteiger partial charge in [-0.2, -0.15) is 5.26 Å². The number of hydrogen-bond acceptors (Lipinski definition) is 3. The summed E-state index contributed by atoms with van der Waals surface area (Å²) in [5.74, 6) is -0.930. The quantitative estimate of drug-likeness (QED) is 0.707. The minimum absolute atomic E-state index is 0.135. The lowest BCUT2D eigenvalue weighted by Gasteiger charge is -2.19. The van der Waals surface area contributed by atoms with Crippen LogP contribution < -0.4 is 4.72 Å². The van der Waals surface area contributed by atoms with Gasteiger partial charge < -0.3 is 0 Å². The Hall–Kier alpha value is -3.01. The minimum Gasteiger partial charge on any atom is -0.210 e. The molecule has 4 nitrogen and oxygen atoms in total. The molecule has 0 saturated carbocycles. The molecule has 3 rings (SSSR count). The largest absolute Gasteiger partial charge is 0.240 e. The molecule has 0 aliphatic heterocycles. The van der Waals surface area contributed by atoms with Gasteiger partial charge in [0.25, 0.3) is 0 Å². The molecular weight excluding hydrogens is 363 g/mol. The molecule has 0 unspecified atom stereocenters. The van der Waals surface area contributed by atoms with Crippen molar-refractivity contribution in [3.05, 3.63) is 101 Å². The van der Waals surface area contributed by atoms with Crippen LogP contribution in [0.3, 0.4) is 0 Å². The van der Waals surface area contributed by atoms with Crippen molar-refractivity contribution in [2.45, 2.75) is 10.8 Å². The number of nitriles is 1. The van der Waals surface area contributed by atoms with Crippen molar-refractivity contribution in [2.24, 2.45) is 0 Å². The fourth-order valence-electron chi connectivity index (χ4n) is 2.83. The Bertz CT molecular complexity index is 1020. The fraction of sp³-hybridized carbons (Fsp3) is 0.0952. The summed E-state index contributed by atoms with van der Waals surface area (Å²) in [6, 6.07) is 24.0. The summed E-state index contributed by atoms with van der Waals surface area (Å²) in [4.78, 5) is -0.139. The van der Waals surface area contributed by atoms with Crippen LogP contribution in [-0.2, 0) is 10.0 Å². The Labute approximate surface area is 158 Å². The molecule has 0 amide bonds. The molecule has 3 aromatic carbocycles. The van der Waals surface area contributed by atoms with Gasteiger partial charge in [0.15, 0.2) is 0 Å². The number of nitrogens with zero attached hydrogens (tertiary/aromatic N) is 1. The smallest absolute Gasteiger partial charge is 0.210 e. The number of benzene rings is 3. The van der Waals surface area contributed by atoms with Gasteiger partial charge in [-0.3, -0.25) is 0 Å². The molecule has 27 heavy (non-hydrogen) atoms. The first-order valence-corrected chi connectivity index (χ1v) is 9.79. The first kappa shape index (κ1) is 18.8. The summed E-state index contributed by atoms with van der Waals surface area (Å²) in [6.07, 6.45) is 0. The molecule has 0 atom stereocenters. The summed E-state index contributed by atoms with van der Waals surface area (Å²) in [5.41, 5.74) is 1.65. The summed E-state index contributed by atoms with van der Waals surface area (Å²) in [7, 11) is -3.89. The van der Waals surface area contributed by atoms with E-state index in [9.17, 15) is 12.8 Å². The van der Waals surface area contributed by atoms with Crippen LogP contribution in [0.15, 0.2) is 83.8 Å². The van der Waals surface area contributed by atoms with Gasteiger partial charge in [-0.15, -0.1) is 0 Å². The van der Waals surface area contributed by atoms with Crippen molar-refractivity contribution < 1.29 is 12.8 Å². The Kier molecular flexibility index (Phi) is 5.65. The fourth-order valence-corrected chi connectivity index (χ4v) is 3.91. The van der Waals surface area contributed by atoms with E-state index < -0.39 is 15.8 Å². The zero-order chi connectivity index (χ0) is 19.3. The predicted octanol–water partition coefficient (Wildman–Crippen LogP) is 3.81. The lowest BCUT2D eigenvalue weighted by molar-refractivity contribution is 0.576. The van der Waals surface area contributed by atoms with E-state index in [0.717, 1.165) is 29.3 Å². The third-order valence-electron chi connectivity index (χ3n) is 4.25. The molecule has 1 N–H and O–H groups in total. The summed E-state index contributed by atoms with van der Waals surface area (Å²) >= 11 is 0. The first-order chi connectivity index (χ1) is 13.0. The topological polar surface area (TPSA) is 70.0 Å². The maximum absolute atomic E-state index is 13.5. The average molecular weight is 380 g/mol. The van der Waals surface area contributed by atoms with E-state index >= 15 is 0 Å². The van der Waals surface area contributed by atoms with Crippen molar-refractivity contribution >= 4 is 10.0 Å². The van der Waals surface area contributed by atoms with Crippen LogP contribution in [0.2, 0.25) is 0 Å². The number of sulfonamides is 1. The molecule has 0 radical (unpaired) electrons. The van der Waals surface area contributed by atoms with Gasteiger partial charge >= 0.3 is 0 Å². The molecule has 0 fully saturated rings. The highest BCUT2D eigenvalue weighted by Gasteiger charge is 2.20. The Morgan fingerprint density at radius 2 is 1.48 bits per heavy atom. The van der Waals surface area contributed by atoms with Crippen LogP contribution in [0.4, 0.5) is 4.39 Å². The summed E-state index contributed by atoms with van der Waals surface area (Å²) in [5, 5.41) is 8.92. The molecule has 0 aliphatic carbocycles. The van der Waals surface area contributed by atoms with Crippen molar-refractivity contribution in [1.82, 2.24) is 4.72 Å². The first-order valence-electron chi connectivity index (χ1n) is 8.30. The summed E-state index contributed by atoms with van der Waals surface area (Å²) < 4.78 is 41.3.